The lowest BCUT2D eigenvalue weighted by molar-refractivity contribution is -0.300. The lowest BCUT2D eigenvalue weighted by atomic mass is 9.80. The molecule has 1 aromatic rings. The number of allylic oxidation sites excluding steroid dienone is 1. The zero-order valence-electron chi connectivity index (χ0n) is 15.6. The van der Waals surface area contributed by atoms with Crippen molar-refractivity contribution in [1.29, 1.82) is 0 Å². The Balaban J connectivity index is 0.000000552. The average Bonchev–Trinajstić information content (AvgIpc) is 3.03. The van der Waals surface area contributed by atoms with Gasteiger partial charge in [0, 0.05) is 18.5 Å². The molecule has 2 N–H and O–H groups in total. The molecule has 1 aliphatic carbocycles. The van der Waals surface area contributed by atoms with Gasteiger partial charge in [-0.15, -0.1) is 12.3 Å². The van der Waals surface area contributed by atoms with E-state index in [0.717, 1.165) is 41.2 Å². The van der Waals surface area contributed by atoms with Gasteiger partial charge in [-0.25, -0.2) is 9.69 Å². The van der Waals surface area contributed by atoms with Crippen LogP contribution in [-0.4, -0.2) is 45.8 Å². The second-order valence-corrected chi connectivity index (χ2v) is 7.32. The number of hydrogen-bond acceptors (Lipinski definition) is 6. The first-order valence-corrected chi connectivity index (χ1v) is 8.89. The van der Waals surface area contributed by atoms with E-state index < -0.39 is 18.5 Å². The molecule has 26 heavy (non-hydrogen) atoms. The van der Waals surface area contributed by atoms with E-state index in [9.17, 15) is 20.1 Å². The van der Waals surface area contributed by atoms with Crippen molar-refractivity contribution >= 4 is 11.8 Å². The first kappa shape index (κ1) is 20.3. The average molecular weight is 366 g/mol. The molecule has 8 nitrogen and oxygen atoms in total. The van der Waals surface area contributed by atoms with Gasteiger partial charge < -0.3 is 19.8 Å². The number of likely N-dealkylation sites (N-methyl/N-ethyl adjacent to an activating group) is 1. The van der Waals surface area contributed by atoms with Crippen molar-refractivity contribution in [3.05, 3.63) is 24.2 Å². The van der Waals surface area contributed by atoms with E-state index in [1.807, 2.05) is 0 Å². The Labute approximate surface area is 153 Å². The molecule has 2 amide bonds. The number of amides is 2. The molecule has 8 heteroatoms. The second-order valence-electron chi connectivity index (χ2n) is 7.32. The molecule has 1 saturated heterocycles. The first-order chi connectivity index (χ1) is 12.2. The van der Waals surface area contributed by atoms with Crippen LogP contribution in [0.15, 0.2) is 22.9 Å². The number of nitrogens with zero attached hydrogens (tertiary/aromatic N) is 3. The zero-order chi connectivity index (χ0) is 19.5. The summed E-state index contributed by atoms with van der Waals surface area (Å²) in [6, 6.07) is 1.23. The number of carbonyl (C=O) groups is 1. The topological polar surface area (TPSA) is 113 Å². The number of carbonyl (C=O) groups excluding carboxylic acids is 1. The predicted octanol–water partition coefficient (Wildman–Crippen LogP) is 1.68. The Bertz CT molecular complexity index is 633. The molecule has 1 aliphatic heterocycles. The maximum absolute atomic E-state index is 12.1. The summed E-state index contributed by atoms with van der Waals surface area (Å²) in [4.78, 5) is 14.2. The Morgan fingerprint density at radius 2 is 1.85 bits per heavy atom. The maximum atomic E-state index is 12.1. The molecule has 146 valence electrons. The fourth-order valence-corrected chi connectivity index (χ4v) is 3.38. The third kappa shape index (κ3) is 4.19. The quantitative estimate of drug-likeness (QED) is 0.608. The van der Waals surface area contributed by atoms with Crippen LogP contribution in [0.5, 0.6) is 0 Å². The number of rotatable bonds is 2. The van der Waals surface area contributed by atoms with E-state index in [-0.39, 0.29) is 17.0 Å². The van der Waals surface area contributed by atoms with E-state index in [1.54, 1.807) is 6.07 Å². The molecule has 1 aromatic heterocycles. The van der Waals surface area contributed by atoms with Crippen molar-refractivity contribution in [2.45, 2.75) is 70.2 Å². The lowest BCUT2D eigenvalue weighted by Crippen LogP contribution is -2.36. The van der Waals surface area contributed by atoms with Crippen LogP contribution in [0.4, 0.5) is 10.6 Å². The minimum Gasteiger partial charge on any atom is -0.876 e. The molecular formula is C18H28N3O5-. The Hall–Kier alpha value is -2.06. The van der Waals surface area contributed by atoms with Crippen molar-refractivity contribution in [1.82, 2.24) is 10.1 Å². The number of aliphatic hydroxyl groups excluding tert-OH is 2. The number of hydrogen-bond donors (Lipinski definition) is 2. The molecule has 1 saturated carbocycles. The standard InChI is InChI=1S/C15H23N3O4.C3H6O/c1-15(7-5-3-4-6-8-15)10-9-11(16-22-10)18-13(20)12(19)17(2)14(18)21;1-3(2)4/h9,12-13,19-20H,3-8H2,1-2H3;4H,1H2,2H3/p-1. The molecule has 0 spiro atoms. The zero-order valence-corrected chi connectivity index (χ0v) is 15.6. The van der Waals surface area contributed by atoms with Crippen molar-refractivity contribution in [2.75, 3.05) is 11.9 Å². The Morgan fingerprint density at radius 3 is 2.31 bits per heavy atom. The molecule has 2 unspecified atom stereocenters. The molecule has 2 heterocycles. The van der Waals surface area contributed by atoms with Crippen LogP contribution in [-0.2, 0) is 5.41 Å². The maximum Gasteiger partial charge on any atom is 0.329 e. The third-order valence-electron chi connectivity index (χ3n) is 4.98. The highest BCUT2D eigenvalue weighted by Crippen LogP contribution is 2.39. The van der Waals surface area contributed by atoms with Gasteiger partial charge in [0.15, 0.2) is 18.3 Å². The van der Waals surface area contributed by atoms with Crippen LogP contribution in [0.2, 0.25) is 0 Å². The summed E-state index contributed by atoms with van der Waals surface area (Å²) in [5.74, 6) is 0.912. The highest BCUT2D eigenvalue weighted by molar-refractivity contribution is 5.93. The van der Waals surface area contributed by atoms with Gasteiger partial charge in [0.25, 0.3) is 0 Å². The lowest BCUT2D eigenvalue weighted by Gasteiger charge is -2.24. The predicted molar refractivity (Wildman–Crippen MR) is 94.0 cm³/mol. The van der Waals surface area contributed by atoms with E-state index in [4.69, 9.17) is 4.52 Å². The Morgan fingerprint density at radius 1 is 1.31 bits per heavy atom. The number of aliphatic hydroxyl groups is 2. The summed E-state index contributed by atoms with van der Waals surface area (Å²) in [6.07, 6.45) is 4.23. The smallest absolute Gasteiger partial charge is 0.329 e. The molecule has 2 aliphatic rings. The van der Waals surface area contributed by atoms with E-state index in [2.05, 4.69) is 18.7 Å². The third-order valence-corrected chi connectivity index (χ3v) is 4.98. The fraction of sp³-hybridized carbons (Fsp3) is 0.667. The molecule has 2 atom stereocenters. The van der Waals surface area contributed by atoms with Gasteiger partial charge in [-0.3, -0.25) is 4.90 Å². The van der Waals surface area contributed by atoms with Gasteiger partial charge >= 0.3 is 6.03 Å². The van der Waals surface area contributed by atoms with Crippen LogP contribution in [0.1, 0.15) is 58.1 Å². The molecule has 0 radical (unpaired) electrons. The summed E-state index contributed by atoms with van der Waals surface area (Å²) in [6.45, 7) is 6.58. The summed E-state index contributed by atoms with van der Waals surface area (Å²) < 4.78 is 5.49. The van der Waals surface area contributed by atoms with Crippen molar-refractivity contribution in [2.24, 2.45) is 0 Å². The minimum atomic E-state index is -1.34. The van der Waals surface area contributed by atoms with Crippen molar-refractivity contribution in [3.63, 3.8) is 0 Å². The first-order valence-electron chi connectivity index (χ1n) is 8.89. The largest absolute Gasteiger partial charge is 0.876 e. The van der Waals surface area contributed by atoms with Gasteiger partial charge in [-0.2, -0.15) is 0 Å². The van der Waals surface area contributed by atoms with E-state index >= 15 is 0 Å². The molecule has 0 bridgehead atoms. The normalized spacial score (nSPS) is 25.5. The second kappa shape index (κ2) is 8.09. The molecule has 0 aromatic carbocycles. The highest BCUT2D eigenvalue weighted by Gasteiger charge is 2.45. The summed E-state index contributed by atoms with van der Waals surface area (Å²) in [5, 5.41) is 33.1. The summed E-state index contributed by atoms with van der Waals surface area (Å²) in [5.41, 5.74) is -0.0833. The van der Waals surface area contributed by atoms with Crippen LogP contribution in [0.3, 0.4) is 0 Å². The van der Waals surface area contributed by atoms with Gasteiger partial charge in [0.2, 0.25) is 0 Å². The Kier molecular flexibility index (Phi) is 6.30. The monoisotopic (exact) mass is 366 g/mol. The molecule has 3 rings (SSSR count). The van der Waals surface area contributed by atoms with E-state index in [1.165, 1.54) is 26.8 Å². The number of urea groups is 1. The van der Waals surface area contributed by atoms with Crippen LogP contribution < -0.4 is 10.0 Å². The van der Waals surface area contributed by atoms with Gasteiger partial charge in [0.05, 0.1) is 0 Å². The van der Waals surface area contributed by atoms with Gasteiger partial charge in [-0.05, 0) is 12.8 Å². The fourth-order valence-electron chi connectivity index (χ4n) is 3.38. The highest BCUT2D eigenvalue weighted by atomic mass is 16.5. The van der Waals surface area contributed by atoms with Crippen LogP contribution >= 0.6 is 0 Å². The van der Waals surface area contributed by atoms with Gasteiger partial charge in [0.1, 0.15) is 5.76 Å². The number of aromatic nitrogens is 1. The van der Waals surface area contributed by atoms with E-state index in [0.29, 0.717) is 0 Å². The SMILES string of the molecule is C=C(C)[O-].CN1C(=O)N(c2cc(C3(C)CCCCCC3)on2)C(O)C1O. The van der Waals surface area contributed by atoms with Gasteiger partial charge in [-0.1, -0.05) is 44.7 Å². The summed E-state index contributed by atoms with van der Waals surface area (Å²) in [7, 11) is 1.43. The minimum absolute atomic E-state index is 0.0833. The van der Waals surface area contributed by atoms with Crippen molar-refractivity contribution in [3.8, 4) is 0 Å². The number of anilines is 1. The molecular weight excluding hydrogens is 338 g/mol. The van der Waals surface area contributed by atoms with Crippen LogP contribution in [0, 0.1) is 0 Å². The molecule has 2 fully saturated rings. The van der Waals surface area contributed by atoms with Crippen LogP contribution in [0.25, 0.3) is 0 Å². The van der Waals surface area contributed by atoms with Crippen molar-refractivity contribution < 1.29 is 24.6 Å². The summed E-state index contributed by atoms with van der Waals surface area (Å²) >= 11 is 0.